The van der Waals surface area contributed by atoms with Crippen LogP contribution in [0.2, 0.25) is 5.04 Å². The zero-order chi connectivity index (χ0) is 23.1. The van der Waals surface area contributed by atoms with E-state index in [4.69, 9.17) is 23.4 Å². The van der Waals surface area contributed by atoms with Crippen LogP contribution in [0.15, 0.2) is 60.7 Å². The molecule has 0 saturated carbocycles. The molecule has 0 unspecified atom stereocenters. The summed E-state index contributed by atoms with van der Waals surface area (Å²) >= 11 is 0. The van der Waals surface area contributed by atoms with E-state index < -0.39 is 13.9 Å². The standard InChI is InChI=1S/C26H34O6Si/c1-25(2,3)33(19-10-6-4-7-11-19,20-12-8-5-9-13-20)31-17-26(16-27)14-21-24(32-26)23-22(15-28-21)29-18-30-23/h4-13,21-24,27H,14-18H2,1-3H3/t21-,22+,23+,24+,26+/m0/s1. The highest BCUT2D eigenvalue weighted by Crippen LogP contribution is 2.43. The van der Waals surface area contributed by atoms with Crippen molar-refractivity contribution in [1.82, 2.24) is 0 Å². The molecule has 33 heavy (non-hydrogen) atoms. The molecular formula is C26H34O6Si. The summed E-state index contributed by atoms with van der Waals surface area (Å²) in [5.41, 5.74) is -0.844. The van der Waals surface area contributed by atoms with Crippen molar-refractivity contribution in [2.45, 2.75) is 62.2 Å². The van der Waals surface area contributed by atoms with E-state index in [1.807, 2.05) is 12.1 Å². The molecule has 6 nitrogen and oxygen atoms in total. The van der Waals surface area contributed by atoms with Crippen molar-refractivity contribution in [3.8, 4) is 0 Å². The van der Waals surface area contributed by atoms with Gasteiger partial charge in [0, 0.05) is 6.42 Å². The minimum Gasteiger partial charge on any atom is -0.404 e. The molecule has 3 saturated heterocycles. The Hall–Kier alpha value is -1.58. The van der Waals surface area contributed by atoms with Gasteiger partial charge in [0.1, 0.15) is 30.7 Å². The zero-order valence-corrected chi connectivity index (χ0v) is 20.6. The van der Waals surface area contributed by atoms with Gasteiger partial charge in [-0.15, -0.1) is 0 Å². The van der Waals surface area contributed by atoms with E-state index in [1.165, 1.54) is 10.4 Å². The smallest absolute Gasteiger partial charge is 0.261 e. The fourth-order valence-electron chi connectivity index (χ4n) is 5.64. The van der Waals surface area contributed by atoms with Crippen molar-refractivity contribution in [2.24, 2.45) is 0 Å². The van der Waals surface area contributed by atoms with E-state index in [9.17, 15) is 5.11 Å². The number of fused-ring (bicyclic) bond motifs is 3. The molecular weight excluding hydrogens is 436 g/mol. The molecule has 0 radical (unpaired) electrons. The molecule has 3 aliphatic rings. The predicted octanol–water partition coefficient (Wildman–Crippen LogP) is 2.22. The lowest BCUT2D eigenvalue weighted by molar-refractivity contribution is -0.165. The number of aliphatic hydroxyl groups excluding tert-OH is 1. The lowest BCUT2D eigenvalue weighted by atomic mass is 9.95. The normalized spacial score (nSPS) is 31.9. The number of benzene rings is 2. The maximum absolute atomic E-state index is 10.5. The Kier molecular flexibility index (Phi) is 6.24. The maximum atomic E-state index is 10.5. The molecule has 5 atom stereocenters. The first-order valence-corrected chi connectivity index (χ1v) is 13.7. The van der Waals surface area contributed by atoms with E-state index in [-0.39, 0.29) is 49.5 Å². The Morgan fingerprint density at radius 2 is 1.55 bits per heavy atom. The number of hydrogen-bond acceptors (Lipinski definition) is 6. The topological polar surface area (TPSA) is 66.4 Å². The van der Waals surface area contributed by atoms with Crippen LogP contribution in [0.25, 0.3) is 0 Å². The van der Waals surface area contributed by atoms with Crippen LogP contribution in [-0.2, 0) is 23.4 Å². The lowest BCUT2D eigenvalue weighted by Crippen LogP contribution is -2.67. The Labute approximate surface area is 196 Å². The van der Waals surface area contributed by atoms with Gasteiger partial charge in [0.05, 0.1) is 25.9 Å². The first kappa shape index (κ1) is 23.2. The average Bonchev–Trinajstić information content (AvgIpc) is 3.45. The van der Waals surface area contributed by atoms with E-state index >= 15 is 0 Å². The van der Waals surface area contributed by atoms with Gasteiger partial charge in [0.25, 0.3) is 8.32 Å². The van der Waals surface area contributed by atoms with E-state index in [2.05, 4.69) is 69.3 Å². The number of rotatable bonds is 6. The molecule has 2 aromatic carbocycles. The molecule has 178 valence electrons. The second-order valence-corrected chi connectivity index (χ2v) is 14.7. The van der Waals surface area contributed by atoms with Crippen LogP contribution in [0.3, 0.4) is 0 Å². The Balaban J connectivity index is 1.49. The van der Waals surface area contributed by atoms with Crippen LogP contribution in [0.4, 0.5) is 0 Å². The summed E-state index contributed by atoms with van der Waals surface area (Å²) in [7, 11) is -2.74. The third-order valence-electron chi connectivity index (χ3n) is 7.29. The molecule has 0 aromatic heterocycles. The molecule has 7 heteroatoms. The summed E-state index contributed by atoms with van der Waals surface area (Å²) in [6.45, 7) is 7.64. The van der Waals surface area contributed by atoms with Crippen LogP contribution in [-0.4, -0.2) is 70.1 Å². The third-order valence-corrected chi connectivity index (χ3v) is 12.3. The van der Waals surface area contributed by atoms with Crippen LogP contribution in [0.5, 0.6) is 0 Å². The first-order chi connectivity index (χ1) is 15.9. The molecule has 1 N–H and O–H groups in total. The minimum atomic E-state index is -2.74. The van der Waals surface area contributed by atoms with Gasteiger partial charge in [0.2, 0.25) is 0 Å². The highest BCUT2D eigenvalue weighted by Gasteiger charge is 2.58. The number of ether oxygens (including phenoxy) is 4. The fraction of sp³-hybridized carbons (Fsp3) is 0.538. The zero-order valence-electron chi connectivity index (χ0n) is 19.6. The predicted molar refractivity (Wildman–Crippen MR) is 127 cm³/mol. The monoisotopic (exact) mass is 470 g/mol. The Bertz CT molecular complexity index is 893. The van der Waals surface area contributed by atoms with Gasteiger partial charge < -0.3 is 28.5 Å². The van der Waals surface area contributed by atoms with Crippen LogP contribution >= 0.6 is 0 Å². The van der Waals surface area contributed by atoms with Gasteiger partial charge >= 0.3 is 0 Å². The maximum Gasteiger partial charge on any atom is 0.261 e. The van der Waals surface area contributed by atoms with Gasteiger partial charge in [0.15, 0.2) is 0 Å². The quantitative estimate of drug-likeness (QED) is 0.653. The van der Waals surface area contributed by atoms with Crippen molar-refractivity contribution in [2.75, 3.05) is 26.6 Å². The summed E-state index contributed by atoms with van der Waals surface area (Å²) in [6, 6.07) is 21.0. The van der Waals surface area contributed by atoms with Crippen LogP contribution in [0, 0.1) is 0 Å². The molecule has 3 aliphatic heterocycles. The SMILES string of the molecule is CC(C)(C)[Si](OC[C@]1(CO)C[C@@H]2OC[C@H]3OCO[C@H]3[C@@H]2O1)(c1ccccc1)c1ccccc1. The fourth-order valence-corrected chi connectivity index (χ4v) is 10.3. The summed E-state index contributed by atoms with van der Waals surface area (Å²) in [5.74, 6) is 0. The second kappa shape index (κ2) is 8.89. The molecule has 0 amide bonds. The minimum absolute atomic E-state index is 0.113. The van der Waals surface area contributed by atoms with Crippen molar-refractivity contribution >= 4 is 18.7 Å². The molecule has 0 spiro atoms. The summed E-state index contributed by atoms with van der Waals surface area (Å²) in [5, 5.41) is 12.8. The van der Waals surface area contributed by atoms with E-state index in [1.54, 1.807) is 0 Å². The van der Waals surface area contributed by atoms with E-state index in [0.29, 0.717) is 13.0 Å². The summed E-state index contributed by atoms with van der Waals surface area (Å²) in [6.07, 6.45) is -0.105. The second-order valence-electron chi connectivity index (χ2n) is 10.4. The van der Waals surface area contributed by atoms with E-state index in [0.717, 1.165) is 0 Å². The molecule has 0 bridgehead atoms. The highest BCUT2D eigenvalue weighted by atomic mass is 28.4. The Morgan fingerprint density at radius 1 is 0.909 bits per heavy atom. The lowest BCUT2D eigenvalue weighted by Gasteiger charge is -2.44. The van der Waals surface area contributed by atoms with Crippen molar-refractivity contribution < 1.29 is 28.5 Å². The average molecular weight is 471 g/mol. The van der Waals surface area contributed by atoms with Crippen molar-refractivity contribution in [3.63, 3.8) is 0 Å². The van der Waals surface area contributed by atoms with Gasteiger partial charge in [-0.1, -0.05) is 81.4 Å². The van der Waals surface area contributed by atoms with Crippen molar-refractivity contribution in [1.29, 1.82) is 0 Å². The van der Waals surface area contributed by atoms with Gasteiger partial charge in [-0.25, -0.2) is 0 Å². The summed E-state index contributed by atoms with van der Waals surface area (Å²) < 4.78 is 31.1. The molecule has 0 aliphatic carbocycles. The number of hydrogen-bond donors (Lipinski definition) is 1. The molecule has 2 aromatic rings. The van der Waals surface area contributed by atoms with Gasteiger partial charge in [-0.2, -0.15) is 0 Å². The van der Waals surface area contributed by atoms with Gasteiger partial charge in [-0.05, 0) is 15.4 Å². The number of aliphatic hydroxyl groups is 1. The third kappa shape index (κ3) is 3.99. The molecule has 3 heterocycles. The first-order valence-electron chi connectivity index (χ1n) is 11.8. The van der Waals surface area contributed by atoms with Crippen molar-refractivity contribution in [3.05, 3.63) is 60.7 Å². The summed E-state index contributed by atoms with van der Waals surface area (Å²) in [4.78, 5) is 0. The largest absolute Gasteiger partial charge is 0.404 e. The molecule has 3 fully saturated rings. The van der Waals surface area contributed by atoms with Crippen LogP contribution < -0.4 is 10.4 Å². The molecule has 5 rings (SSSR count). The Morgan fingerprint density at radius 3 is 2.12 bits per heavy atom. The highest BCUT2D eigenvalue weighted by molar-refractivity contribution is 6.99. The van der Waals surface area contributed by atoms with Crippen LogP contribution in [0.1, 0.15) is 27.2 Å². The van der Waals surface area contributed by atoms with Gasteiger partial charge in [-0.3, -0.25) is 0 Å².